The van der Waals surface area contributed by atoms with E-state index in [-0.39, 0.29) is 6.42 Å². The van der Waals surface area contributed by atoms with Gasteiger partial charge in [-0.2, -0.15) is 0 Å². The van der Waals surface area contributed by atoms with Crippen LogP contribution in [0.2, 0.25) is 0 Å². The highest BCUT2D eigenvalue weighted by molar-refractivity contribution is 5.73. The molecular weight excluding hydrogens is 276 g/mol. The molecule has 0 aromatic carbocycles. The van der Waals surface area contributed by atoms with Crippen molar-refractivity contribution in [3.63, 3.8) is 0 Å². The molecule has 0 radical (unpaired) electrons. The third-order valence-corrected chi connectivity index (χ3v) is 2.97. The van der Waals surface area contributed by atoms with Gasteiger partial charge in [0, 0.05) is 19.2 Å². The Morgan fingerprint density at radius 1 is 1.43 bits per heavy atom. The Morgan fingerprint density at radius 2 is 2.24 bits per heavy atom. The number of hydrogen-bond acceptors (Lipinski definition) is 7. The van der Waals surface area contributed by atoms with Gasteiger partial charge in [-0.05, 0) is 16.8 Å². The highest BCUT2D eigenvalue weighted by Gasteiger charge is 2.15. The molecule has 2 rings (SSSR count). The lowest BCUT2D eigenvalue weighted by molar-refractivity contribution is -0.138. The normalized spacial score (nSPS) is 12.5. The van der Waals surface area contributed by atoms with Crippen molar-refractivity contribution in [2.75, 3.05) is 0 Å². The minimum atomic E-state index is -1.06. The van der Waals surface area contributed by atoms with Gasteiger partial charge in [-0.15, -0.1) is 10.2 Å². The Balaban J connectivity index is 1.99. The number of carbonyl (C=O) groups is 1. The average molecular weight is 294 g/mol. The Bertz CT molecular complexity index is 593. The van der Waals surface area contributed by atoms with E-state index in [4.69, 9.17) is 10.8 Å². The minimum absolute atomic E-state index is 0.135. The summed E-state index contributed by atoms with van der Waals surface area (Å²) in [5.74, 6) is -0.379. The molecule has 0 fully saturated rings. The van der Waals surface area contributed by atoms with Crippen molar-refractivity contribution in [1.29, 1.82) is 0 Å². The maximum atomic E-state index is 10.7. The minimum Gasteiger partial charge on any atom is -0.480 e. The summed E-state index contributed by atoms with van der Waals surface area (Å²) in [6.07, 6.45) is 3.84. The standard InChI is InChI=1S/C11H18N8O2/c1-2-3-4-19-10(14-15-17-19)7-18-6-8(13-16-18)5-9(12)11(20)21/h6,9H,2-5,7,12H2,1H3,(H,20,21). The first-order chi connectivity index (χ1) is 10.1. The molecule has 0 saturated heterocycles. The van der Waals surface area contributed by atoms with E-state index in [1.54, 1.807) is 15.6 Å². The van der Waals surface area contributed by atoms with Gasteiger partial charge in [0.25, 0.3) is 0 Å². The molecule has 0 saturated carbocycles. The van der Waals surface area contributed by atoms with Crippen LogP contribution in [0.3, 0.4) is 0 Å². The average Bonchev–Trinajstić information content (AvgIpc) is 3.06. The maximum absolute atomic E-state index is 10.7. The zero-order chi connectivity index (χ0) is 15.2. The summed E-state index contributed by atoms with van der Waals surface area (Å²) in [7, 11) is 0. The lowest BCUT2D eigenvalue weighted by Gasteiger charge is -2.03. The van der Waals surface area contributed by atoms with Crippen LogP contribution in [0, 0.1) is 0 Å². The summed E-state index contributed by atoms with van der Waals surface area (Å²) in [6, 6.07) is -0.981. The number of aromatic nitrogens is 7. The number of unbranched alkanes of at least 4 members (excludes halogenated alkanes) is 1. The van der Waals surface area contributed by atoms with Gasteiger partial charge in [-0.25, -0.2) is 9.36 Å². The largest absolute Gasteiger partial charge is 0.480 e. The van der Waals surface area contributed by atoms with Gasteiger partial charge in [0.15, 0.2) is 5.82 Å². The Labute approximate surface area is 120 Å². The van der Waals surface area contributed by atoms with Gasteiger partial charge in [-0.3, -0.25) is 4.79 Å². The molecule has 0 amide bonds. The Morgan fingerprint density at radius 3 is 2.95 bits per heavy atom. The molecule has 1 unspecified atom stereocenters. The van der Waals surface area contributed by atoms with Crippen molar-refractivity contribution in [2.24, 2.45) is 5.73 Å². The highest BCUT2D eigenvalue weighted by Crippen LogP contribution is 2.02. The second-order valence-electron chi connectivity index (χ2n) is 4.73. The van der Waals surface area contributed by atoms with Crippen molar-refractivity contribution < 1.29 is 9.90 Å². The van der Waals surface area contributed by atoms with Crippen LogP contribution >= 0.6 is 0 Å². The molecular formula is C11H18N8O2. The summed E-state index contributed by atoms with van der Waals surface area (Å²) in [6.45, 7) is 3.23. The fourth-order valence-electron chi connectivity index (χ4n) is 1.78. The van der Waals surface area contributed by atoms with Gasteiger partial charge in [-0.1, -0.05) is 18.6 Å². The fourth-order valence-corrected chi connectivity index (χ4v) is 1.78. The Kier molecular flexibility index (Phi) is 4.93. The van der Waals surface area contributed by atoms with Crippen LogP contribution in [-0.4, -0.2) is 52.3 Å². The van der Waals surface area contributed by atoms with Gasteiger partial charge in [0.05, 0.1) is 5.69 Å². The van der Waals surface area contributed by atoms with Crippen LogP contribution in [0.4, 0.5) is 0 Å². The highest BCUT2D eigenvalue weighted by atomic mass is 16.4. The molecule has 2 heterocycles. The first-order valence-corrected chi connectivity index (χ1v) is 6.72. The van der Waals surface area contributed by atoms with Gasteiger partial charge in [0.1, 0.15) is 12.6 Å². The lowest BCUT2D eigenvalue weighted by Crippen LogP contribution is -2.32. The topological polar surface area (TPSA) is 138 Å². The number of nitrogens with two attached hydrogens (primary N) is 1. The summed E-state index contributed by atoms with van der Waals surface area (Å²) in [5, 5.41) is 28.1. The number of carboxylic acid groups (broad SMARTS) is 1. The Hall–Kier alpha value is -2.36. The molecule has 0 aliphatic carbocycles. The van der Waals surface area contributed by atoms with E-state index < -0.39 is 12.0 Å². The van der Waals surface area contributed by atoms with E-state index in [2.05, 4.69) is 32.8 Å². The zero-order valence-corrected chi connectivity index (χ0v) is 11.8. The number of aryl methyl sites for hydroxylation is 1. The molecule has 2 aromatic rings. The SMILES string of the molecule is CCCCn1nnnc1Cn1cc(CC(N)C(=O)O)nn1. The molecule has 10 heteroatoms. The molecule has 0 aliphatic heterocycles. The van der Waals surface area contributed by atoms with E-state index in [9.17, 15) is 4.79 Å². The molecule has 1 atom stereocenters. The van der Waals surface area contributed by atoms with Gasteiger partial charge < -0.3 is 10.8 Å². The zero-order valence-electron chi connectivity index (χ0n) is 11.8. The van der Waals surface area contributed by atoms with Crippen LogP contribution in [0.1, 0.15) is 31.3 Å². The summed E-state index contributed by atoms with van der Waals surface area (Å²) in [4.78, 5) is 10.7. The first-order valence-electron chi connectivity index (χ1n) is 6.72. The third-order valence-electron chi connectivity index (χ3n) is 2.97. The van der Waals surface area contributed by atoms with Crippen LogP contribution in [0.5, 0.6) is 0 Å². The monoisotopic (exact) mass is 294 g/mol. The van der Waals surface area contributed by atoms with Crippen LogP contribution in [0.25, 0.3) is 0 Å². The van der Waals surface area contributed by atoms with E-state index >= 15 is 0 Å². The quantitative estimate of drug-likeness (QED) is 0.636. The number of rotatable bonds is 8. The smallest absolute Gasteiger partial charge is 0.320 e. The van der Waals surface area contributed by atoms with Crippen molar-refractivity contribution in [3.8, 4) is 0 Å². The van der Waals surface area contributed by atoms with Crippen LogP contribution in [-0.2, 0) is 24.3 Å². The van der Waals surface area contributed by atoms with Crippen molar-refractivity contribution in [3.05, 3.63) is 17.7 Å². The molecule has 0 bridgehead atoms. The molecule has 10 nitrogen and oxygen atoms in total. The summed E-state index contributed by atoms with van der Waals surface area (Å²) >= 11 is 0. The van der Waals surface area contributed by atoms with Gasteiger partial charge in [0.2, 0.25) is 0 Å². The number of tetrazole rings is 1. The number of aliphatic carboxylic acids is 1. The number of carboxylic acids is 1. The molecule has 0 spiro atoms. The first kappa shape index (κ1) is 15.0. The maximum Gasteiger partial charge on any atom is 0.320 e. The van der Waals surface area contributed by atoms with Crippen molar-refractivity contribution >= 4 is 5.97 Å². The lowest BCUT2D eigenvalue weighted by atomic mass is 10.2. The number of nitrogens with zero attached hydrogens (tertiary/aromatic N) is 7. The molecule has 114 valence electrons. The number of hydrogen-bond donors (Lipinski definition) is 2. The predicted molar refractivity (Wildman–Crippen MR) is 71.2 cm³/mol. The summed E-state index contributed by atoms with van der Waals surface area (Å²) in [5.41, 5.74) is 5.99. The van der Waals surface area contributed by atoms with E-state index in [0.29, 0.717) is 18.1 Å². The second kappa shape index (κ2) is 6.88. The molecule has 0 aliphatic rings. The molecule has 21 heavy (non-hydrogen) atoms. The van der Waals surface area contributed by atoms with Crippen molar-refractivity contribution in [1.82, 2.24) is 35.2 Å². The van der Waals surface area contributed by atoms with Crippen LogP contribution in [0.15, 0.2) is 6.20 Å². The third kappa shape index (κ3) is 4.05. The summed E-state index contributed by atoms with van der Waals surface area (Å²) < 4.78 is 3.30. The predicted octanol–water partition coefficient (Wildman–Crippen LogP) is -0.933. The van der Waals surface area contributed by atoms with Crippen molar-refractivity contribution in [2.45, 2.75) is 45.3 Å². The second-order valence-corrected chi connectivity index (χ2v) is 4.73. The van der Waals surface area contributed by atoms with Crippen LogP contribution < -0.4 is 5.73 Å². The molecule has 2 aromatic heterocycles. The fraction of sp³-hybridized carbons (Fsp3) is 0.636. The van der Waals surface area contributed by atoms with E-state index in [1.807, 2.05) is 0 Å². The molecule has 3 N–H and O–H groups in total. The van der Waals surface area contributed by atoms with Gasteiger partial charge >= 0.3 is 5.97 Å². The van der Waals surface area contributed by atoms with E-state index in [0.717, 1.165) is 19.4 Å². The van der Waals surface area contributed by atoms with E-state index in [1.165, 1.54) is 0 Å².